The summed E-state index contributed by atoms with van der Waals surface area (Å²) in [7, 11) is 2.86. The van der Waals surface area contributed by atoms with E-state index in [9.17, 15) is 10.1 Å². The highest BCUT2D eigenvalue weighted by Crippen LogP contribution is 2.34. The molecule has 0 spiro atoms. The molecular weight excluding hydrogens is 344 g/mol. The molecule has 0 atom stereocenters. The van der Waals surface area contributed by atoms with Gasteiger partial charge in [0, 0.05) is 31.0 Å². The van der Waals surface area contributed by atoms with E-state index < -0.39 is 5.97 Å². The molecule has 142 valence electrons. The zero-order chi connectivity index (χ0) is 19.6. The summed E-state index contributed by atoms with van der Waals surface area (Å²) < 4.78 is 12.0. The molecule has 0 radical (unpaired) electrons. The van der Waals surface area contributed by atoms with Gasteiger partial charge >= 0.3 is 5.97 Å². The summed E-state index contributed by atoms with van der Waals surface area (Å²) in [6.07, 6.45) is 3.86. The van der Waals surface area contributed by atoms with Gasteiger partial charge in [0.05, 0.1) is 31.2 Å². The predicted molar refractivity (Wildman–Crippen MR) is 103 cm³/mol. The van der Waals surface area contributed by atoms with Gasteiger partial charge in [-0.05, 0) is 30.9 Å². The second-order valence-electron chi connectivity index (χ2n) is 6.80. The molecular formula is C20H24N4O3. The minimum absolute atomic E-state index is 0.0977. The standard InChI is InChI=1S/C20H24N4O3/c1-13-6-8-23(9-7-13)15-4-5-16(17(10-15)26-2)24-12-14(11-21)18(22)19(24)20(25)27-3/h4-5,10,12-13H,6-9,22H2,1-3H3. The Morgan fingerprint density at radius 2 is 2.00 bits per heavy atom. The van der Waals surface area contributed by atoms with Crippen molar-refractivity contribution in [2.24, 2.45) is 5.92 Å². The van der Waals surface area contributed by atoms with Gasteiger partial charge in [0.2, 0.25) is 0 Å². The van der Waals surface area contributed by atoms with E-state index in [0.29, 0.717) is 11.4 Å². The van der Waals surface area contributed by atoms with Crippen LogP contribution in [0.2, 0.25) is 0 Å². The molecule has 0 amide bonds. The van der Waals surface area contributed by atoms with E-state index in [1.807, 2.05) is 24.3 Å². The van der Waals surface area contributed by atoms with Gasteiger partial charge in [-0.2, -0.15) is 5.26 Å². The van der Waals surface area contributed by atoms with Crippen molar-refractivity contribution in [3.63, 3.8) is 0 Å². The van der Waals surface area contributed by atoms with E-state index in [-0.39, 0.29) is 16.9 Å². The van der Waals surface area contributed by atoms with E-state index in [0.717, 1.165) is 37.5 Å². The average molecular weight is 368 g/mol. The highest BCUT2D eigenvalue weighted by molar-refractivity contribution is 5.96. The minimum Gasteiger partial charge on any atom is -0.494 e. The topological polar surface area (TPSA) is 93.5 Å². The van der Waals surface area contributed by atoms with Gasteiger partial charge in [-0.25, -0.2) is 4.79 Å². The SMILES string of the molecule is COC(=O)c1c(N)c(C#N)cn1-c1ccc(N2CCC(C)CC2)cc1OC. The van der Waals surface area contributed by atoms with Crippen LogP contribution in [-0.4, -0.2) is 37.8 Å². The number of aromatic nitrogens is 1. The van der Waals surface area contributed by atoms with Crippen molar-refractivity contribution < 1.29 is 14.3 Å². The van der Waals surface area contributed by atoms with Crippen molar-refractivity contribution in [2.45, 2.75) is 19.8 Å². The monoisotopic (exact) mass is 368 g/mol. The van der Waals surface area contributed by atoms with Crippen LogP contribution in [0.15, 0.2) is 24.4 Å². The number of esters is 1. The summed E-state index contributed by atoms with van der Waals surface area (Å²) in [4.78, 5) is 14.6. The number of nitrogens with zero attached hydrogens (tertiary/aromatic N) is 3. The molecule has 1 aliphatic heterocycles. The quantitative estimate of drug-likeness (QED) is 0.834. The van der Waals surface area contributed by atoms with Crippen molar-refractivity contribution in [1.82, 2.24) is 4.57 Å². The lowest BCUT2D eigenvalue weighted by Crippen LogP contribution is -2.32. The number of ether oxygens (including phenoxy) is 2. The van der Waals surface area contributed by atoms with Crippen molar-refractivity contribution in [3.05, 3.63) is 35.7 Å². The minimum atomic E-state index is -0.606. The highest BCUT2D eigenvalue weighted by Gasteiger charge is 2.24. The first-order chi connectivity index (χ1) is 13.0. The molecule has 7 nitrogen and oxygen atoms in total. The number of rotatable bonds is 4. The van der Waals surface area contributed by atoms with Gasteiger partial charge in [0.25, 0.3) is 0 Å². The molecule has 1 saturated heterocycles. The number of nitrogen functional groups attached to an aromatic ring is 1. The van der Waals surface area contributed by atoms with Crippen molar-refractivity contribution in [1.29, 1.82) is 5.26 Å². The van der Waals surface area contributed by atoms with Crippen LogP contribution in [-0.2, 0) is 4.74 Å². The first-order valence-electron chi connectivity index (χ1n) is 8.92. The number of benzene rings is 1. The van der Waals surface area contributed by atoms with Gasteiger partial charge in [-0.3, -0.25) is 0 Å². The highest BCUT2D eigenvalue weighted by atomic mass is 16.5. The lowest BCUT2D eigenvalue weighted by molar-refractivity contribution is 0.0593. The van der Waals surface area contributed by atoms with Crippen molar-refractivity contribution in [3.8, 4) is 17.5 Å². The fourth-order valence-electron chi connectivity index (χ4n) is 3.43. The van der Waals surface area contributed by atoms with Crippen LogP contribution >= 0.6 is 0 Å². The fourth-order valence-corrected chi connectivity index (χ4v) is 3.43. The summed E-state index contributed by atoms with van der Waals surface area (Å²) in [6, 6.07) is 7.83. The van der Waals surface area contributed by atoms with E-state index in [4.69, 9.17) is 15.2 Å². The zero-order valence-electron chi connectivity index (χ0n) is 15.9. The average Bonchev–Trinajstić information content (AvgIpc) is 3.03. The van der Waals surface area contributed by atoms with Crippen LogP contribution < -0.4 is 15.4 Å². The number of carbonyl (C=O) groups is 1. The lowest BCUT2D eigenvalue weighted by atomic mass is 9.99. The van der Waals surface area contributed by atoms with Crippen LogP contribution in [0.5, 0.6) is 5.75 Å². The van der Waals surface area contributed by atoms with Gasteiger partial charge in [0.15, 0.2) is 5.69 Å². The second kappa shape index (κ2) is 7.62. The first kappa shape index (κ1) is 18.6. The van der Waals surface area contributed by atoms with Crippen LogP contribution in [0, 0.1) is 17.2 Å². The van der Waals surface area contributed by atoms with Crippen molar-refractivity contribution >= 4 is 17.3 Å². The molecule has 27 heavy (non-hydrogen) atoms. The molecule has 1 aromatic carbocycles. The third-order valence-electron chi connectivity index (χ3n) is 5.12. The Balaban J connectivity index is 2.05. The maximum absolute atomic E-state index is 12.2. The van der Waals surface area contributed by atoms with E-state index >= 15 is 0 Å². The first-order valence-corrected chi connectivity index (χ1v) is 8.92. The zero-order valence-corrected chi connectivity index (χ0v) is 15.9. The number of piperidine rings is 1. The molecule has 0 unspecified atom stereocenters. The molecule has 0 aliphatic carbocycles. The van der Waals surface area contributed by atoms with Crippen molar-refractivity contribution in [2.75, 3.05) is 37.9 Å². The van der Waals surface area contributed by atoms with E-state index in [1.54, 1.807) is 11.7 Å². The van der Waals surface area contributed by atoms with Gasteiger partial charge < -0.3 is 24.7 Å². The smallest absolute Gasteiger partial charge is 0.357 e. The van der Waals surface area contributed by atoms with Gasteiger partial charge in [-0.1, -0.05) is 6.92 Å². The van der Waals surface area contributed by atoms with Gasteiger partial charge in [-0.15, -0.1) is 0 Å². The Kier molecular flexibility index (Phi) is 5.26. The van der Waals surface area contributed by atoms with E-state index in [1.165, 1.54) is 13.3 Å². The summed E-state index contributed by atoms with van der Waals surface area (Å²) in [5.74, 6) is 0.734. The molecule has 2 aromatic rings. The largest absolute Gasteiger partial charge is 0.494 e. The van der Waals surface area contributed by atoms with Crippen LogP contribution in [0.25, 0.3) is 5.69 Å². The molecule has 0 bridgehead atoms. The molecule has 2 N–H and O–H groups in total. The molecule has 0 saturated carbocycles. The number of nitrogens with two attached hydrogens (primary N) is 1. The van der Waals surface area contributed by atoms with Gasteiger partial charge in [0.1, 0.15) is 11.8 Å². The number of carbonyl (C=O) groups excluding carboxylic acids is 1. The molecule has 1 aliphatic rings. The Bertz CT molecular complexity index is 889. The number of methoxy groups -OCH3 is 2. The summed E-state index contributed by atoms with van der Waals surface area (Å²) in [5.41, 5.74) is 8.11. The van der Waals surface area contributed by atoms with Crippen LogP contribution in [0.1, 0.15) is 35.8 Å². The number of nitriles is 1. The number of hydrogen-bond donors (Lipinski definition) is 1. The Morgan fingerprint density at radius 3 is 2.59 bits per heavy atom. The normalized spacial score (nSPS) is 14.7. The van der Waals surface area contributed by atoms with E-state index in [2.05, 4.69) is 11.8 Å². The Labute approximate surface area is 158 Å². The summed E-state index contributed by atoms with van der Waals surface area (Å²) in [6.45, 7) is 4.29. The molecule has 7 heteroatoms. The third kappa shape index (κ3) is 3.43. The van der Waals surface area contributed by atoms with Crippen LogP contribution in [0.4, 0.5) is 11.4 Å². The predicted octanol–water partition coefficient (Wildman–Crippen LogP) is 2.96. The third-order valence-corrected chi connectivity index (χ3v) is 5.12. The maximum atomic E-state index is 12.2. The van der Waals surface area contributed by atoms with Crippen LogP contribution in [0.3, 0.4) is 0 Å². The Hall–Kier alpha value is -3.14. The molecule has 3 rings (SSSR count). The molecule has 1 fully saturated rings. The molecule has 2 heterocycles. The Morgan fingerprint density at radius 1 is 1.30 bits per heavy atom. The second-order valence-corrected chi connectivity index (χ2v) is 6.80. The summed E-state index contributed by atoms with van der Waals surface area (Å²) >= 11 is 0. The number of anilines is 2. The maximum Gasteiger partial charge on any atom is 0.357 e. The summed E-state index contributed by atoms with van der Waals surface area (Å²) in [5, 5.41) is 9.29. The fraction of sp³-hybridized carbons (Fsp3) is 0.400. The lowest BCUT2D eigenvalue weighted by Gasteiger charge is -2.32. The molecule has 1 aromatic heterocycles. The number of hydrogen-bond acceptors (Lipinski definition) is 6.